The Labute approximate surface area is 119 Å². The van der Waals surface area contributed by atoms with Crippen LogP contribution in [0, 0.1) is 5.92 Å². The van der Waals surface area contributed by atoms with Crippen molar-refractivity contribution >= 4 is 18.3 Å². The summed E-state index contributed by atoms with van der Waals surface area (Å²) in [7, 11) is 0. The van der Waals surface area contributed by atoms with E-state index in [1.165, 1.54) is 0 Å². The van der Waals surface area contributed by atoms with Gasteiger partial charge in [-0.3, -0.25) is 4.79 Å². The van der Waals surface area contributed by atoms with Gasteiger partial charge in [0.1, 0.15) is 5.75 Å². The number of hydrogen-bond donors (Lipinski definition) is 1. The van der Waals surface area contributed by atoms with E-state index >= 15 is 0 Å². The Hall–Kier alpha value is -1.26. The Morgan fingerprint density at radius 3 is 2.89 bits per heavy atom. The summed E-state index contributed by atoms with van der Waals surface area (Å²) in [6, 6.07) is 7.87. The smallest absolute Gasteiger partial charge is 0.264 e. The van der Waals surface area contributed by atoms with Crippen molar-refractivity contribution in [2.24, 2.45) is 11.7 Å². The monoisotopic (exact) mass is 282 g/mol. The summed E-state index contributed by atoms with van der Waals surface area (Å²) in [4.78, 5) is 14.2. The molecule has 2 atom stereocenters. The number of fused-ring (bicyclic) bond motifs is 1. The molecule has 2 aliphatic rings. The number of nitrogens with two attached hydrogens (primary N) is 1. The number of ether oxygens (including phenoxy) is 1. The van der Waals surface area contributed by atoms with E-state index in [-0.39, 0.29) is 24.4 Å². The number of amides is 1. The van der Waals surface area contributed by atoms with Crippen molar-refractivity contribution in [2.75, 3.05) is 19.6 Å². The van der Waals surface area contributed by atoms with Gasteiger partial charge >= 0.3 is 0 Å². The first-order valence-corrected chi connectivity index (χ1v) is 6.51. The molecule has 0 radical (unpaired) electrons. The van der Waals surface area contributed by atoms with Crippen LogP contribution in [0.25, 0.3) is 0 Å². The van der Waals surface area contributed by atoms with Crippen molar-refractivity contribution in [2.45, 2.75) is 18.9 Å². The van der Waals surface area contributed by atoms with Crippen molar-refractivity contribution in [3.63, 3.8) is 0 Å². The van der Waals surface area contributed by atoms with Gasteiger partial charge in [0.25, 0.3) is 5.91 Å². The summed E-state index contributed by atoms with van der Waals surface area (Å²) in [5, 5.41) is 0. The minimum absolute atomic E-state index is 0. The van der Waals surface area contributed by atoms with Crippen LogP contribution < -0.4 is 10.5 Å². The van der Waals surface area contributed by atoms with Crippen molar-refractivity contribution < 1.29 is 9.53 Å². The lowest BCUT2D eigenvalue weighted by Crippen LogP contribution is -2.40. The summed E-state index contributed by atoms with van der Waals surface area (Å²) < 4.78 is 5.73. The lowest BCUT2D eigenvalue weighted by Gasteiger charge is -2.20. The zero-order valence-corrected chi connectivity index (χ0v) is 11.6. The highest BCUT2D eigenvalue weighted by Gasteiger charge is 2.35. The first kappa shape index (κ1) is 14.2. The van der Waals surface area contributed by atoms with Gasteiger partial charge in [0.15, 0.2) is 6.10 Å². The summed E-state index contributed by atoms with van der Waals surface area (Å²) in [6.45, 7) is 2.26. The number of para-hydroxylation sites is 1. The number of likely N-dealkylation sites (tertiary alicyclic amines) is 1. The van der Waals surface area contributed by atoms with Crippen LogP contribution in [-0.2, 0) is 11.2 Å². The van der Waals surface area contributed by atoms with Crippen LogP contribution in [0.3, 0.4) is 0 Å². The minimum Gasteiger partial charge on any atom is -0.480 e. The largest absolute Gasteiger partial charge is 0.480 e. The van der Waals surface area contributed by atoms with Gasteiger partial charge in [-0.2, -0.15) is 0 Å². The van der Waals surface area contributed by atoms with Crippen molar-refractivity contribution in [1.29, 1.82) is 0 Å². The predicted molar refractivity (Wildman–Crippen MR) is 75.6 cm³/mol. The highest BCUT2D eigenvalue weighted by molar-refractivity contribution is 5.85. The van der Waals surface area contributed by atoms with Crippen LogP contribution in [0.15, 0.2) is 24.3 Å². The molecule has 3 rings (SSSR count). The highest BCUT2D eigenvalue weighted by atomic mass is 35.5. The number of halogens is 1. The fourth-order valence-electron chi connectivity index (χ4n) is 2.75. The van der Waals surface area contributed by atoms with Crippen molar-refractivity contribution in [3.05, 3.63) is 29.8 Å². The van der Waals surface area contributed by atoms with E-state index in [1.807, 2.05) is 29.2 Å². The third-order valence-corrected chi connectivity index (χ3v) is 3.85. The third kappa shape index (κ3) is 2.69. The SMILES string of the molecule is Cl.NCC1CCN(C(=O)C2Cc3ccccc3O2)C1. The molecule has 2 N–H and O–H groups in total. The average Bonchev–Trinajstić information content (AvgIpc) is 3.04. The van der Waals surface area contributed by atoms with E-state index in [9.17, 15) is 4.79 Å². The van der Waals surface area contributed by atoms with Crippen LogP contribution in [-0.4, -0.2) is 36.5 Å². The maximum absolute atomic E-state index is 12.3. The van der Waals surface area contributed by atoms with E-state index in [4.69, 9.17) is 10.5 Å². The topological polar surface area (TPSA) is 55.6 Å². The average molecular weight is 283 g/mol. The van der Waals surface area contributed by atoms with E-state index < -0.39 is 0 Å². The molecule has 0 saturated carbocycles. The normalized spacial score (nSPS) is 24.6. The van der Waals surface area contributed by atoms with Gasteiger partial charge < -0.3 is 15.4 Å². The Bertz CT molecular complexity index is 442. The maximum atomic E-state index is 12.3. The number of nitrogens with zero attached hydrogens (tertiary/aromatic N) is 1. The Morgan fingerprint density at radius 1 is 1.42 bits per heavy atom. The molecule has 0 bridgehead atoms. The summed E-state index contributed by atoms with van der Waals surface area (Å²) in [5.74, 6) is 1.42. The summed E-state index contributed by atoms with van der Waals surface area (Å²) in [5.41, 5.74) is 6.78. The first-order chi connectivity index (χ1) is 8.78. The lowest BCUT2D eigenvalue weighted by atomic mass is 10.1. The fraction of sp³-hybridized carbons (Fsp3) is 0.500. The van der Waals surface area contributed by atoms with Crippen LogP contribution in [0.5, 0.6) is 5.75 Å². The molecular weight excluding hydrogens is 264 g/mol. The van der Waals surface area contributed by atoms with E-state index in [1.54, 1.807) is 0 Å². The predicted octanol–water partition coefficient (Wildman–Crippen LogP) is 1.22. The summed E-state index contributed by atoms with van der Waals surface area (Å²) in [6.07, 6.45) is 1.37. The van der Waals surface area contributed by atoms with Crippen molar-refractivity contribution in [3.8, 4) is 5.75 Å². The van der Waals surface area contributed by atoms with Gasteiger partial charge in [-0.1, -0.05) is 18.2 Å². The number of carbonyl (C=O) groups excluding carboxylic acids is 1. The van der Waals surface area contributed by atoms with Gasteiger partial charge in [0, 0.05) is 19.5 Å². The molecule has 104 valence electrons. The van der Waals surface area contributed by atoms with Gasteiger partial charge in [-0.25, -0.2) is 0 Å². The summed E-state index contributed by atoms with van der Waals surface area (Å²) >= 11 is 0. The number of carbonyl (C=O) groups is 1. The molecule has 19 heavy (non-hydrogen) atoms. The highest BCUT2D eigenvalue weighted by Crippen LogP contribution is 2.29. The second-order valence-corrected chi connectivity index (χ2v) is 5.09. The standard InChI is InChI=1S/C14H18N2O2.ClH/c15-8-10-5-6-16(9-10)14(17)13-7-11-3-1-2-4-12(11)18-13;/h1-4,10,13H,5-9,15H2;1H. The molecule has 4 nitrogen and oxygen atoms in total. The molecule has 1 aromatic rings. The van der Waals surface area contributed by atoms with Crippen LogP contribution in [0.1, 0.15) is 12.0 Å². The molecule has 1 fully saturated rings. The Morgan fingerprint density at radius 2 is 2.21 bits per heavy atom. The molecule has 5 heteroatoms. The molecule has 1 aromatic carbocycles. The van der Waals surface area contributed by atoms with Crippen molar-refractivity contribution in [1.82, 2.24) is 4.90 Å². The third-order valence-electron chi connectivity index (χ3n) is 3.85. The number of rotatable bonds is 2. The van der Waals surface area contributed by atoms with E-state index in [0.29, 0.717) is 18.9 Å². The zero-order chi connectivity index (χ0) is 12.5. The van der Waals surface area contributed by atoms with Gasteiger partial charge in [0.2, 0.25) is 0 Å². The fourth-order valence-corrected chi connectivity index (χ4v) is 2.75. The molecular formula is C14H19ClN2O2. The lowest BCUT2D eigenvalue weighted by molar-refractivity contribution is -0.136. The zero-order valence-electron chi connectivity index (χ0n) is 10.7. The first-order valence-electron chi connectivity index (χ1n) is 6.51. The molecule has 2 heterocycles. The van der Waals surface area contributed by atoms with Crippen LogP contribution in [0.2, 0.25) is 0 Å². The second-order valence-electron chi connectivity index (χ2n) is 5.09. The molecule has 1 saturated heterocycles. The minimum atomic E-state index is -0.334. The number of benzene rings is 1. The maximum Gasteiger partial charge on any atom is 0.264 e. The van der Waals surface area contributed by atoms with Gasteiger partial charge in [0.05, 0.1) is 0 Å². The Balaban J connectivity index is 0.00000133. The van der Waals surface area contributed by atoms with Crippen LogP contribution >= 0.6 is 12.4 Å². The Kier molecular flexibility index (Phi) is 4.32. The van der Waals surface area contributed by atoms with Crippen LogP contribution in [0.4, 0.5) is 0 Å². The second kappa shape index (κ2) is 5.80. The number of hydrogen-bond acceptors (Lipinski definition) is 3. The van der Waals surface area contributed by atoms with E-state index in [0.717, 1.165) is 30.8 Å². The molecule has 2 unspecified atom stereocenters. The molecule has 1 amide bonds. The van der Waals surface area contributed by atoms with Gasteiger partial charge in [-0.05, 0) is 30.5 Å². The molecule has 2 aliphatic heterocycles. The van der Waals surface area contributed by atoms with Gasteiger partial charge in [-0.15, -0.1) is 12.4 Å². The molecule has 0 aliphatic carbocycles. The van der Waals surface area contributed by atoms with E-state index in [2.05, 4.69) is 0 Å². The molecule has 0 aromatic heterocycles. The quantitative estimate of drug-likeness (QED) is 0.887. The molecule has 0 spiro atoms.